The lowest BCUT2D eigenvalue weighted by atomic mass is 9.77. The van der Waals surface area contributed by atoms with Gasteiger partial charge in [-0.25, -0.2) is 9.97 Å². The topological polar surface area (TPSA) is 84.9 Å². The van der Waals surface area contributed by atoms with E-state index in [4.69, 9.17) is 9.47 Å². The van der Waals surface area contributed by atoms with Gasteiger partial charge in [-0.2, -0.15) is 0 Å². The van der Waals surface area contributed by atoms with E-state index in [0.717, 1.165) is 32.1 Å². The van der Waals surface area contributed by atoms with E-state index in [2.05, 4.69) is 9.97 Å². The summed E-state index contributed by atoms with van der Waals surface area (Å²) >= 11 is 0. The predicted octanol–water partition coefficient (Wildman–Crippen LogP) is 1.16. The van der Waals surface area contributed by atoms with Crippen LogP contribution in [0, 0.1) is 0 Å². The van der Waals surface area contributed by atoms with Gasteiger partial charge >= 0.3 is 0 Å². The van der Waals surface area contributed by atoms with Crippen LogP contribution in [-0.2, 0) is 19.1 Å². The molecule has 146 valence electrons. The molecule has 0 N–H and O–H groups in total. The van der Waals surface area contributed by atoms with E-state index in [1.165, 1.54) is 6.33 Å². The van der Waals surface area contributed by atoms with Gasteiger partial charge in [-0.1, -0.05) is 0 Å². The van der Waals surface area contributed by atoms with E-state index in [1.54, 1.807) is 24.4 Å². The van der Waals surface area contributed by atoms with Crippen LogP contribution in [0.4, 0.5) is 5.69 Å². The Kier molecular flexibility index (Phi) is 4.86. The van der Waals surface area contributed by atoms with Crippen molar-refractivity contribution in [1.82, 2.24) is 14.9 Å². The number of carbonyl (C=O) groups excluding carboxylic acids is 2. The Morgan fingerprint density at radius 2 is 1.93 bits per heavy atom. The van der Waals surface area contributed by atoms with Crippen molar-refractivity contribution in [3.8, 4) is 0 Å². The van der Waals surface area contributed by atoms with Gasteiger partial charge in [0.15, 0.2) is 0 Å². The molecule has 3 fully saturated rings. The van der Waals surface area contributed by atoms with Crippen molar-refractivity contribution in [3.05, 3.63) is 18.7 Å². The molecule has 1 aromatic heterocycles. The van der Waals surface area contributed by atoms with Gasteiger partial charge in [0.05, 0.1) is 42.2 Å². The van der Waals surface area contributed by atoms with Crippen molar-refractivity contribution < 1.29 is 19.1 Å². The Morgan fingerprint density at radius 3 is 2.52 bits per heavy atom. The quantitative estimate of drug-likeness (QED) is 0.786. The van der Waals surface area contributed by atoms with Gasteiger partial charge < -0.3 is 19.3 Å². The molecule has 3 heterocycles. The van der Waals surface area contributed by atoms with E-state index in [-0.39, 0.29) is 24.0 Å². The molecular weight excluding hydrogens is 348 g/mol. The first kappa shape index (κ1) is 18.3. The third-order valence-electron chi connectivity index (χ3n) is 6.31. The minimum absolute atomic E-state index is 0.0512. The summed E-state index contributed by atoms with van der Waals surface area (Å²) in [5.41, 5.74) is 0.0377. The monoisotopic (exact) mass is 374 g/mol. The zero-order valence-corrected chi connectivity index (χ0v) is 15.7. The van der Waals surface area contributed by atoms with Crippen molar-refractivity contribution >= 4 is 17.5 Å². The second-order valence-electron chi connectivity index (χ2n) is 7.85. The minimum atomic E-state index is -0.407. The number of aromatic nitrogens is 2. The largest absolute Gasteiger partial charge is 0.378 e. The Balaban J connectivity index is 1.38. The third kappa shape index (κ3) is 3.55. The number of morpholine rings is 1. The highest BCUT2D eigenvalue weighted by atomic mass is 16.5. The summed E-state index contributed by atoms with van der Waals surface area (Å²) in [4.78, 5) is 36.6. The van der Waals surface area contributed by atoms with Crippen molar-refractivity contribution in [1.29, 1.82) is 0 Å². The molecular formula is C19H26N4O4. The second-order valence-corrected chi connectivity index (χ2v) is 7.85. The van der Waals surface area contributed by atoms with Gasteiger partial charge in [-0.15, -0.1) is 0 Å². The number of piperidine rings is 1. The lowest BCUT2D eigenvalue weighted by Crippen LogP contribution is -2.60. The molecule has 2 aliphatic heterocycles. The first-order valence-corrected chi connectivity index (χ1v) is 9.57. The maximum Gasteiger partial charge on any atom is 0.253 e. The normalized spacial score (nSPS) is 24.0. The average molecular weight is 374 g/mol. The number of rotatable bonds is 4. The first-order chi connectivity index (χ1) is 13.0. The zero-order chi connectivity index (χ0) is 18.9. The van der Waals surface area contributed by atoms with E-state index in [1.807, 2.05) is 4.90 Å². The summed E-state index contributed by atoms with van der Waals surface area (Å²) < 4.78 is 11.5. The Labute approximate surface area is 158 Å². The first-order valence-electron chi connectivity index (χ1n) is 9.57. The Bertz CT molecular complexity index is 693. The van der Waals surface area contributed by atoms with Crippen LogP contribution in [-0.4, -0.2) is 71.2 Å². The van der Waals surface area contributed by atoms with E-state index in [9.17, 15) is 9.59 Å². The number of hydrogen-bond acceptors (Lipinski definition) is 6. The maximum atomic E-state index is 12.7. The van der Waals surface area contributed by atoms with Crippen LogP contribution in [0.2, 0.25) is 0 Å². The number of carbonyl (C=O) groups is 2. The molecule has 2 amide bonds. The van der Waals surface area contributed by atoms with Crippen LogP contribution >= 0.6 is 0 Å². The van der Waals surface area contributed by atoms with E-state index >= 15 is 0 Å². The zero-order valence-electron chi connectivity index (χ0n) is 15.7. The van der Waals surface area contributed by atoms with Gasteiger partial charge in [0.1, 0.15) is 12.9 Å². The van der Waals surface area contributed by atoms with Crippen LogP contribution in [0.15, 0.2) is 18.7 Å². The molecule has 1 spiro atoms. The molecule has 1 aromatic rings. The minimum Gasteiger partial charge on any atom is -0.378 e. The molecule has 2 saturated heterocycles. The molecule has 8 nitrogen and oxygen atoms in total. The molecule has 3 aliphatic rings. The molecule has 0 radical (unpaired) electrons. The lowest BCUT2D eigenvalue weighted by molar-refractivity contribution is -0.156. The van der Waals surface area contributed by atoms with Crippen molar-refractivity contribution in [2.75, 3.05) is 38.3 Å². The highest BCUT2D eigenvalue weighted by Crippen LogP contribution is 2.39. The molecule has 4 rings (SSSR count). The predicted molar refractivity (Wildman–Crippen MR) is 97.1 cm³/mol. The van der Waals surface area contributed by atoms with Crippen LogP contribution in [0.1, 0.15) is 38.5 Å². The van der Waals surface area contributed by atoms with Crippen LogP contribution in [0.5, 0.6) is 0 Å². The second kappa shape index (κ2) is 7.16. The van der Waals surface area contributed by atoms with Crippen molar-refractivity contribution in [2.24, 2.45) is 0 Å². The number of nitrogens with zero attached hydrogens (tertiary/aromatic N) is 4. The smallest absolute Gasteiger partial charge is 0.253 e. The van der Waals surface area contributed by atoms with Gasteiger partial charge in [0.2, 0.25) is 5.91 Å². The summed E-state index contributed by atoms with van der Waals surface area (Å²) in [6.45, 7) is 1.82. The fourth-order valence-electron chi connectivity index (χ4n) is 4.26. The SMILES string of the molecule is COC1(CC(=O)N2CCC3(CC2)CN(c2cncnc2)C(=O)CO3)CCC1. The molecule has 1 aliphatic carbocycles. The van der Waals surface area contributed by atoms with Gasteiger partial charge in [-0.3, -0.25) is 9.59 Å². The van der Waals surface area contributed by atoms with Crippen LogP contribution in [0.25, 0.3) is 0 Å². The van der Waals surface area contributed by atoms with Gasteiger partial charge in [-0.05, 0) is 32.1 Å². The highest BCUT2D eigenvalue weighted by molar-refractivity contribution is 5.94. The summed E-state index contributed by atoms with van der Waals surface area (Å²) in [5, 5.41) is 0. The fourth-order valence-corrected chi connectivity index (χ4v) is 4.26. The summed E-state index contributed by atoms with van der Waals surface area (Å²) in [5.74, 6) is 0.0764. The Morgan fingerprint density at radius 1 is 1.22 bits per heavy atom. The maximum absolute atomic E-state index is 12.7. The number of anilines is 1. The fraction of sp³-hybridized carbons (Fsp3) is 0.684. The molecule has 8 heteroatoms. The molecule has 27 heavy (non-hydrogen) atoms. The number of ether oxygens (including phenoxy) is 2. The standard InChI is InChI=1S/C19H26N4O4/c1-26-18(3-2-4-18)9-16(24)22-7-5-19(6-8-22)13-23(17(25)12-27-19)15-10-20-14-21-11-15/h10-11,14H,2-9,12-13H2,1H3. The summed E-state index contributed by atoms with van der Waals surface area (Å²) in [6, 6.07) is 0. The number of likely N-dealkylation sites (tertiary alicyclic amines) is 1. The lowest BCUT2D eigenvalue weighted by Gasteiger charge is -2.47. The number of hydrogen-bond donors (Lipinski definition) is 0. The molecule has 0 unspecified atom stereocenters. The van der Waals surface area contributed by atoms with Crippen molar-refractivity contribution in [3.63, 3.8) is 0 Å². The van der Waals surface area contributed by atoms with Gasteiger partial charge in [0.25, 0.3) is 5.91 Å². The van der Waals surface area contributed by atoms with E-state index in [0.29, 0.717) is 31.7 Å². The summed E-state index contributed by atoms with van der Waals surface area (Å²) in [7, 11) is 1.70. The van der Waals surface area contributed by atoms with Crippen LogP contribution < -0.4 is 4.90 Å². The molecule has 0 atom stereocenters. The Hall–Kier alpha value is -2.06. The molecule has 1 saturated carbocycles. The highest BCUT2D eigenvalue weighted by Gasteiger charge is 2.45. The van der Waals surface area contributed by atoms with Crippen LogP contribution in [0.3, 0.4) is 0 Å². The van der Waals surface area contributed by atoms with E-state index < -0.39 is 5.60 Å². The number of methoxy groups -OCH3 is 1. The average Bonchev–Trinajstić information content (AvgIpc) is 2.68. The molecule has 0 aromatic carbocycles. The number of amides is 2. The van der Waals surface area contributed by atoms with Gasteiger partial charge in [0, 0.05) is 20.2 Å². The molecule has 0 bridgehead atoms. The van der Waals surface area contributed by atoms with Crippen molar-refractivity contribution in [2.45, 2.75) is 49.7 Å². The summed E-state index contributed by atoms with van der Waals surface area (Å²) in [6.07, 6.45) is 9.69. The third-order valence-corrected chi connectivity index (χ3v) is 6.31.